The molecular weight excluding hydrogens is 224 g/mol. The van der Waals surface area contributed by atoms with E-state index in [1.165, 1.54) is 11.1 Å². The molecule has 0 saturated heterocycles. The van der Waals surface area contributed by atoms with E-state index in [2.05, 4.69) is 41.5 Å². The Morgan fingerprint density at radius 1 is 1.28 bits per heavy atom. The number of hydrogen-bond donors (Lipinski definition) is 1. The first-order valence-corrected chi connectivity index (χ1v) is 6.59. The maximum Gasteiger partial charge on any atom is 0.208 e. The average molecular weight is 242 g/mol. The maximum atomic E-state index is 5.60. The van der Waals surface area contributed by atoms with Crippen LogP contribution in [-0.2, 0) is 25.8 Å². The molecule has 0 spiro atoms. The predicted molar refractivity (Wildman–Crippen MR) is 70.4 cm³/mol. The van der Waals surface area contributed by atoms with Crippen molar-refractivity contribution in [2.24, 2.45) is 0 Å². The molecule has 94 valence electrons. The van der Waals surface area contributed by atoms with Crippen LogP contribution >= 0.6 is 0 Å². The van der Waals surface area contributed by atoms with Crippen LogP contribution in [0.5, 0.6) is 0 Å². The first-order chi connectivity index (χ1) is 8.85. The summed E-state index contributed by atoms with van der Waals surface area (Å²) in [4.78, 5) is 4.27. The molecule has 3 nitrogen and oxygen atoms in total. The Hall–Kier alpha value is -1.61. The van der Waals surface area contributed by atoms with Crippen molar-refractivity contribution in [3.05, 3.63) is 53.2 Å². The van der Waals surface area contributed by atoms with Gasteiger partial charge >= 0.3 is 0 Å². The molecule has 1 aliphatic carbocycles. The molecule has 1 aromatic carbocycles. The third-order valence-electron chi connectivity index (χ3n) is 3.54. The van der Waals surface area contributed by atoms with Crippen LogP contribution in [-0.4, -0.2) is 11.0 Å². The second-order valence-corrected chi connectivity index (χ2v) is 4.83. The van der Waals surface area contributed by atoms with Gasteiger partial charge in [-0.3, -0.25) is 0 Å². The quantitative estimate of drug-likeness (QED) is 0.895. The number of rotatable bonds is 4. The molecule has 1 N–H and O–H groups in total. The van der Waals surface area contributed by atoms with Gasteiger partial charge < -0.3 is 9.73 Å². The highest BCUT2D eigenvalue weighted by atomic mass is 16.4. The zero-order chi connectivity index (χ0) is 12.4. The fraction of sp³-hybridized carbons (Fsp3) is 0.400. The highest BCUT2D eigenvalue weighted by molar-refractivity contribution is 5.33. The molecule has 0 unspecified atom stereocenters. The van der Waals surface area contributed by atoms with E-state index in [0.717, 1.165) is 37.5 Å². The van der Waals surface area contributed by atoms with Gasteiger partial charge in [-0.2, -0.15) is 0 Å². The third-order valence-corrected chi connectivity index (χ3v) is 3.54. The maximum absolute atomic E-state index is 5.60. The molecule has 0 atom stereocenters. The highest BCUT2D eigenvalue weighted by Crippen LogP contribution is 2.21. The fourth-order valence-electron chi connectivity index (χ4n) is 2.53. The summed E-state index contributed by atoms with van der Waals surface area (Å²) in [5.41, 5.74) is 2.94. The molecule has 0 saturated carbocycles. The van der Waals surface area contributed by atoms with Crippen LogP contribution in [0.15, 0.2) is 34.9 Å². The predicted octanol–water partition coefficient (Wildman–Crippen LogP) is 2.49. The van der Waals surface area contributed by atoms with E-state index in [4.69, 9.17) is 4.42 Å². The SMILES string of the molecule is CCc1cnc(CNC2Cc3ccccc3C2)o1. The highest BCUT2D eigenvalue weighted by Gasteiger charge is 2.20. The van der Waals surface area contributed by atoms with E-state index in [1.807, 2.05) is 6.20 Å². The van der Waals surface area contributed by atoms with Crippen LogP contribution in [0.1, 0.15) is 29.7 Å². The first kappa shape index (κ1) is 11.5. The topological polar surface area (TPSA) is 38.1 Å². The van der Waals surface area contributed by atoms with Crippen molar-refractivity contribution in [2.45, 2.75) is 38.8 Å². The number of benzene rings is 1. The van der Waals surface area contributed by atoms with Gasteiger partial charge in [0.25, 0.3) is 0 Å². The largest absolute Gasteiger partial charge is 0.444 e. The minimum Gasteiger partial charge on any atom is -0.444 e. The summed E-state index contributed by atoms with van der Waals surface area (Å²) in [6.45, 7) is 2.80. The zero-order valence-corrected chi connectivity index (χ0v) is 10.6. The molecule has 1 aliphatic rings. The second-order valence-electron chi connectivity index (χ2n) is 4.83. The summed E-state index contributed by atoms with van der Waals surface area (Å²) in [6, 6.07) is 9.18. The van der Waals surface area contributed by atoms with E-state index in [0.29, 0.717) is 6.04 Å². The Balaban J connectivity index is 1.57. The molecule has 0 bridgehead atoms. The lowest BCUT2D eigenvalue weighted by Gasteiger charge is -2.09. The Morgan fingerprint density at radius 2 is 2.00 bits per heavy atom. The minimum atomic E-state index is 0.513. The summed E-state index contributed by atoms with van der Waals surface area (Å²) in [7, 11) is 0. The lowest BCUT2D eigenvalue weighted by molar-refractivity contribution is 0.417. The smallest absolute Gasteiger partial charge is 0.208 e. The number of oxazole rings is 1. The summed E-state index contributed by atoms with van der Waals surface area (Å²) in [5, 5.41) is 3.53. The first-order valence-electron chi connectivity index (χ1n) is 6.59. The Kier molecular flexibility index (Phi) is 3.15. The molecule has 0 fully saturated rings. The average Bonchev–Trinajstić information content (AvgIpc) is 3.02. The van der Waals surface area contributed by atoms with Crippen molar-refractivity contribution in [3.63, 3.8) is 0 Å². The number of fused-ring (bicyclic) bond motifs is 1. The van der Waals surface area contributed by atoms with Crippen molar-refractivity contribution in [2.75, 3.05) is 0 Å². The van der Waals surface area contributed by atoms with Crippen LogP contribution in [0, 0.1) is 0 Å². The zero-order valence-electron chi connectivity index (χ0n) is 10.6. The summed E-state index contributed by atoms with van der Waals surface area (Å²) >= 11 is 0. The van der Waals surface area contributed by atoms with Crippen molar-refractivity contribution in [3.8, 4) is 0 Å². The van der Waals surface area contributed by atoms with Gasteiger partial charge in [-0.15, -0.1) is 0 Å². The Morgan fingerprint density at radius 3 is 2.61 bits per heavy atom. The van der Waals surface area contributed by atoms with Crippen LogP contribution in [0.3, 0.4) is 0 Å². The normalized spacial score (nSPS) is 14.9. The van der Waals surface area contributed by atoms with Gasteiger partial charge in [-0.05, 0) is 24.0 Å². The van der Waals surface area contributed by atoms with Gasteiger partial charge in [-0.25, -0.2) is 4.98 Å². The summed E-state index contributed by atoms with van der Waals surface area (Å²) < 4.78 is 5.60. The molecule has 3 heteroatoms. The van der Waals surface area contributed by atoms with E-state index in [-0.39, 0.29) is 0 Å². The van der Waals surface area contributed by atoms with E-state index < -0.39 is 0 Å². The second kappa shape index (κ2) is 4.94. The third kappa shape index (κ3) is 2.31. The molecule has 1 heterocycles. The number of aryl methyl sites for hydroxylation is 1. The van der Waals surface area contributed by atoms with Crippen LogP contribution in [0.2, 0.25) is 0 Å². The summed E-state index contributed by atoms with van der Waals surface area (Å²) in [5.74, 6) is 1.75. The molecule has 0 radical (unpaired) electrons. The Labute approximate surface area is 107 Å². The van der Waals surface area contributed by atoms with Crippen molar-refractivity contribution >= 4 is 0 Å². The fourth-order valence-corrected chi connectivity index (χ4v) is 2.53. The van der Waals surface area contributed by atoms with Gasteiger partial charge in [0.05, 0.1) is 12.7 Å². The van der Waals surface area contributed by atoms with E-state index in [1.54, 1.807) is 0 Å². The lowest BCUT2D eigenvalue weighted by Crippen LogP contribution is -2.29. The van der Waals surface area contributed by atoms with E-state index in [9.17, 15) is 0 Å². The molecule has 0 amide bonds. The number of nitrogens with zero attached hydrogens (tertiary/aromatic N) is 1. The van der Waals surface area contributed by atoms with Gasteiger partial charge in [0.1, 0.15) is 5.76 Å². The summed E-state index contributed by atoms with van der Waals surface area (Å²) in [6.07, 6.45) is 4.94. The van der Waals surface area contributed by atoms with Crippen molar-refractivity contribution in [1.29, 1.82) is 0 Å². The molecule has 3 rings (SSSR count). The molecule has 1 aromatic heterocycles. The van der Waals surface area contributed by atoms with Crippen molar-refractivity contribution in [1.82, 2.24) is 10.3 Å². The van der Waals surface area contributed by atoms with Crippen LogP contribution in [0.25, 0.3) is 0 Å². The van der Waals surface area contributed by atoms with Crippen LogP contribution in [0.4, 0.5) is 0 Å². The van der Waals surface area contributed by atoms with Gasteiger partial charge in [0, 0.05) is 12.5 Å². The molecule has 0 aliphatic heterocycles. The van der Waals surface area contributed by atoms with Gasteiger partial charge in [-0.1, -0.05) is 31.2 Å². The van der Waals surface area contributed by atoms with Gasteiger partial charge in [0.15, 0.2) is 0 Å². The number of nitrogens with one attached hydrogen (secondary N) is 1. The van der Waals surface area contributed by atoms with Crippen LogP contribution < -0.4 is 5.32 Å². The molecular formula is C15H18N2O. The van der Waals surface area contributed by atoms with Crippen molar-refractivity contribution < 1.29 is 4.42 Å². The van der Waals surface area contributed by atoms with Gasteiger partial charge in [0.2, 0.25) is 5.89 Å². The molecule has 18 heavy (non-hydrogen) atoms. The number of hydrogen-bond acceptors (Lipinski definition) is 3. The standard InChI is InChI=1S/C15H18N2O/c1-2-14-9-17-15(18-14)10-16-13-7-11-5-3-4-6-12(11)8-13/h3-6,9,13,16H,2,7-8,10H2,1H3. The lowest BCUT2D eigenvalue weighted by atomic mass is 10.1. The minimum absolute atomic E-state index is 0.513. The van der Waals surface area contributed by atoms with E-state index >= 15 is 0 Å². The monoisotopic (exact) mass is 242 g/mol. The molecule has 2 aromatic rings. The number of aromatic nitrogens is 1. The Bertz CT molecular complexity index is 508.